The summed E-state index contributed by atoms with van der Waals surface area (Å²) in [6, 6.07) is 0.855. The van der Waals surface area contributed by atoms with Crippen molar-refractivity contribution >= 4 is 17.4 Å². The molecule has 3 N–H and O–H groups in total. The van der Waals surface area contributed by atoms with E-state index < -0.39 is 18.4 Å². The normalized spacial score (nSPS) is 31.4. The average Bonchev–Trinajstić information content (AvgIpc) is 3.38. The average molecular weight is 448 g/mol. The van der Waals surface area contributed by atoms with Crippen LogP contribution < -0.4 is 16.0 Å². The molecule has 3 unspecified atom stereocenters. The predicted octanol–water partition coefficient (Wildman–Crippen LogP) is 1.67. The molecule has 0 radical (unpaired) electrons. The lowest BCUT2D eigenvalue weighted by Gasteiger charge is -2.39. The first-order chi connectivity index (χ1) is 15.4. The largest absolute Gasteiger partial charge is 0.355 e. The Hall–Kier alpha value is -2.33. The number of hydrogen-bond acceptors (Lipinski definition) is 6. The number of aromatic nitrogens is 3. The molecule has 174 valence electrons. The molecular formula is C22H31F2N7O. The minimum atomic E-state index is -1.52. The number of likely N-dealkylation sites (tertiary alicyclic amines) is 1. The molecule has 1 amide bonds. The summed E-state index contributed by atoms with van der Waals surface area (Å²) in [7, 11) is 0. The van der Waals surface area contributed by atoms with Crippen molar-refractivity contribution < 1.29 is 13.6 Å². The maximum atomic E-state index is 14.5. The van der Waals surface area contributed by atoms with Crippen LogP contribution in [0.2, 0.25) is 0 Å². The van der Waals surface area contributed by atoms with Crippen molar-refractivity contribution in [3.05, 3.63) is 23.5 Å². The first-order valence-corrected chi connectivity index (χ1v) is 11.6. The lowest BCUT2D eigenvalue weighted by Crippen LogP contribution is -2.57. The molecule has 5 atom stereocenters. The van der Waals surface area contributed by atoms with Gasteiger partial charge in [-0.15, -0.1) is 0 Å². The molecule has 2 aromatic heterocycles. The highest BCUT2D eigenvalue weighted by atomic mass is 19.1. The molecule has 5 rings (SSSR count). The molecule has 0 spiro atoms. The number of nitrogens with one attached hydrogen (secondary N) is 1. The van der Waals surface area contributed by atoms with E-state index in [1.807, 2.05) is 19.2 Å². The Balaban J connectivity index is 1.41. The molecule has 0 bridgehead atoms. The maximum absolute atomic E-state index is 14.5. The third-order valence-electron chi connectivity index (χ3n) is 6.94. The van der Waals surface area contributed by atoms with Crippen LogP contribution in [-0.4, -0.2) is 76.0 Å². The standard InChI is InChI=1S/C22H31F2N7O/c1-13-11-31-19(27-21(13)29-7-5-15(25)12-29)9-17(28-31)18-4-2-3-6-30(18)22(32)20-16(24)8-14(23)10-26-20/h9,11,14-16,18,20,26H,2-8,10,12,25H2,1H3/t14?,15-,16?,18-,20?/m0/s1. The Morgan fingerprint density at radius 3 is 2.84 bits per heavy atom. The molecule has 2 aromatic rings. The number of nitrogens with zero attached hydrogens (tertiary/aromatic N) is 5. The van der Waals surface area contributed by atoms with E-state index >= 15 is 0 Å². The number of hydrogen-bond donors (Lipinski definition) is 2. The number of rotatable bonds is 3. The van der Waals surface area contributed by atoms with Gasteiger partial charge in [0.15, 0.2) is 5.65 Å². The Kier molecular flexibility index (Phi) is 5.75. The van der Waals surface area contributed by atoms with Gasteiger partial charge in [-0.2, -0.15) is 5.10 Å². The first kappa shape index (κ1) is 21.5. The summed E-state index contributed by atoms with van der Waals surface area (Å²) in [5.41, 5.74) is 8.57. The van der Waals surface area contributed by atoms with E-state index in [1.165, 1.54) is 0 Å². The van der Waals surface area contributed by atoms with Crippen LogP contribution in [0.3, 0.4) is 0 Å². The topological polar surface area (TPSA) is 91.8 Å². The third-order valence-corrected chi connectivity index (χ3v) is 6.94. The van der Waals surface area contributed by atoms with Crippen LogP contribution in [0.4, 0.5) is 14.6 Å². The Morgan fingerprint density at radius 1 is 1.25 bits per heavy atom. The number of fused-ring (bicyclic) bond motifs is 1. The van der Waals surface area contributed by atoms with Gasteiger partial charge in [0.1, 0.15) is 24.2 Å². The molecule has 3 aliphatic rings. The van der Waals surface area contributed by atoms with Gasteiger partial charge in [-0.05, 0) is 32.6 Å². The van der Waals surface area contributed by atoms with Crippen molar-refractivity contribution in [3.63, 3.8) is 0 Å². The molecule has 3 saturated heterocycles. The van der Waals surface area contributed by atoms with Crippen LogP contribution in [0.25, 0.3) is 5.65 Å². The summed E-state index contributed by atoms with van der Waals surface area (Å²) >= 11 is 0. The van der Waals surface area contributed by atoms with Crippen LogP contribution in [0.5, 0.6) is 0 Å². The van der Waals surface area contributed by atoms with Gasteiger partial charge in [0.2, 0.25) is 5.91 Å². The van der Waals surface area contributed by atoms with Crippen LogP contribution in [0.1, 0.15) is 49.4 Å². The highest BCUT2D eigenvalue weighted by molar-refractivity contribution is 5.83. The number of halogens is 2. The van der Waals surface area contributed by atoms with E-state index in [-0.39, 0.29) is 31.0 Å². The van der Waals surface area contributed by atoms with Crippen LogP contribution in [-0.2, 0) is 4.79 Å². The molecule has 0 aliphatic carbocycles. The number of carbonyl (C=O) groups excluding carboxylic acids is 1. The minimum Gasteiger partial charge on any atom is -0.355 e. The Morgan fingerprint density at radius 2 is 2.09 bits per heavy atom. The molecule has 3 fully saturated rings. The third kappa shape index (κ3) is 3.94. The number of aryl methyl sites for hydroxylation is 1. The van der Waals surface area contributed by atoms with E-state index in [0.29, 0.717) is 6.54 Å². The number of anilines is 1. The zero-order chi connectivity index (χ0) is 22.4. The SMILES string of the molecule is Cc1cn2nc([C@@H]3CCCCN3C(=O)C3NCC(F)CC3F)cc2nc1N1CC[C@H](N)C1. The fourth-order valence-corrected chi connectivity index (χ4v) is 5.25. The number of carbonyl (C=O) groups is 1. The second-order valence-corrected chi connectivity index (χ2v) is 9.39. The summed E-state index contributed by atoms with van der Waals surface area (Å²) < 4.78 is 29.7. The van der Waals surface area contributed by atoms with Gasteiger partial charge < -0.3 is 20.9 Å². The fourth-order valence-electron chi connectivity index (χ4n) is 5.25. The molecule has 0 aromatic carbocycles. The maximum Gasteiger partial charge on any atom is 0.243 e. The van der Waals surface area contributed by atoms with Gasteiger partial charge in [-0.25, -0.2) is 18.3 Å². The van der Waals surface area contributed by atoms with Crippen molar-refractivity contribution in [2.24, 2.45) is 5.73 Å². The number of alkyl halides is 2. The summed E-state index contributed by atoms with van der Waals surface area (Å²) in [6.07, 6.45) is 2.50. The fraction of sp³-hybridized carbons (Fsp3) is 0.682. The van der Waals surface area contributed by atoms with Gasteiger partial charge in [0.25, 0.3) is 0 Å². The molecule has 5 heterocycles. The van der Waals surface area contributed by atoms with E-state index in [9.17, 15) is 13.6 Å². The number of amides is 1. The molecule has 3 aliphatic heterocycles. The Labute approximate surface area is 186 Å². The van der Waals surface area contributed by atoms with Crippen molar-refractivity contribution in [1.29, 1.82) is 0 Å². The first-order valence-electron chi connectivity index (χ1n) is 11.6. The monoisotopic (exact) mass is 447 g/mol. The van der Waals surface area contributed by atoms with Crippen LogP contribution >= 0.6 is 0 Å². The zero-order valence-corrected chi connectivity index (χ0v) is 18.4. The van der Waals surface area contributed by atoms with Crippen molar-refractivity contribution in [3.8, 4) is 0 Å². The van der Waals surface area contributed by atoms with E-state index in [2.05, 4.69) is 10.2 Å². The highest BCUT2D eigenvalue weighted by Gasteiger charge is 2.40. The van der Waals surface area contributed by atoms with Crippen molar-refractivity contribution in [2.45, 2.75) is 69.5 Å². The summed E-state index contributed by atoms with van der Waals surface area (Å²) in [5, 5.41) is 7.50. The number of piperidine rings is 2. The molecule has 8 nitrogen and oxygen atoms in total. The van der Waals surface area contributed by atoms with Gasteiger partial charge in [-0.1, -0.05) is 0 Å². The van der Waals surface area contributed by atoms with E-state index in [0.717, 1.165) is 61.5 Å². The molecule has 10 heteroatoms. The van der Waals surface area contributed by atoms with Crippen molar-refractivity contribution in [2.75, 3.05) is 31.1 Å². The van der Waals surface area contributed by atoms with Crippen LogP contribution in [0, 0.1) is 6.92 Å². The Bertz CT molecular complexity index is 998. The second kappa shape index (κ2) is 8.55. The second-order valence-electron chi connectivity index (χ2n) is 9.39. The lowest BCUT2D eigenvalue weighted by atomic mass is 9.95. The smallest absolute Gasteiger partial charge is 0.243 e. The van der Waals surface area contributed by atoms with Gasteiger partial charge in [-0.3, -0.25) is 4.79 Å². The highest BCUT2D eigenvalue weighted by Crippen LogP contribution is 2.33. The van der Waals surface area contributed by atoms with Gasteiger partial charge in [0.05, 0.1) is 11.7 Å². The van der Waals surface area contributed by atoms with Gasteiger partial charge >= 0.3 is 0 Å². The summed E-state index contributed by atoms with van der Waals surface area (Å²) in [4.78, 5) is 22.0. The number of nitrogens with two attached hydrogens (primary N) is 1. The minimum absolute atomic E-state index is 0.00975. The molecule has 0 saturated carbocycles. The van der Waals surface area contributed by atoms with Gasteiger partial charge in [0, 0.05) is 56.5 Å². The zero-order valence-electron chi connectivity index (χ0n) is 18.4. The van der Waals surface area contributed by atoms with E-state index in [1.54, 1.807) is 9.42 Å². The summed E-state index contributed by atoms with van der Waals surface area (Å²) in [6.45, 7) is 4.24. The quantitative estimate of drug-likeness (QED) is 0.744. The van der Waals surface area contributed by atoms with Crippen molar-refractivity contribution in [1.82, 2.24) is 24.8 Å². The summed E-state index contributed by atoms with van der Waals surface area (Å²) in [5.74, 6) is 0.614. The molecule has 32 heavy (non-hydrogen) atoms. The predicted molar refractivity (Wildman–Crippen MR) is 117 cm³/mol. The van der Waals surface area contributed by atoms with Crippen LogP contribution in [0.15, 0.2) is 12.3 Å². The lowest BCUT2D eigenvalue weighted by molar-refractivity contribution is -0.140. The molecular weight excluding hydrogens is 416 g/mol. The van der Waals surface area contributed by atoms with E-state index in [4.69, 9.17) is 15.8 Å².